The minimum atomic E-state index is -0.170. The summed E-state index contributed by atoms with van der Waals surface area (Å²) in [4.78, 5) is 23.8. The number of nitrogen functional groups attached to an aromatic ring is 1. The molecule has 3 N–H and O–H groups in total. The molecule has 1 amide bonds. The first-order valence-electron chi connectivity index (χ1n) is 9.70. The Hall–Kier alpha value is -2.52. The van der Waals surface area contributed by atoms with Gasteiger partial charge in [-0.1, -0.05) is 18.7 Å². The zero-order valence-corrected chi connectivity index (χ0v) is 18.8. The number of nitrogens with one attached hydrogen (secondary N) is 1. The Morgan fingerprint density at radius 3 is 2.70 bits per heavy atom. The van der Waals surface area contributed by atoms with E-state index in [1.54, 1.807) is 43.8 Å². The van der Waals surface area contributed by atoms with E-state index in [9.17, 15) is 4.79 Å². The number of benzene rings is 1. The number of aromatic nitrogens is 2. The molecular weight excluding hydrogens is 420 g/mol. The first kappa shape index (κ1) is 20.7. The van der Waals surface area contributed by atoms with Crippen LogP contribution >= 0.6 is 23.1 Å². The molecule has 1 aliphatic rings. The Balaban J connectivity index is 1.46. The summed E-state index contributed by atoms with van der Waals surface area (Å²) < 4.78 is 10.5. The second-order valence-corrected chi connectivity index (χ2v) is 9.39. The molecule has 2 heterocycles. The maximum absolute atomic E-state index is 12.4. The van der Waals surface area contributed by atoms with Gasteiger partial charge in [-0.3, -0.25) is 4.79 Å². The summed E-state index contributed by atoms with van der Waals surface area (Å²) >= 11 is 2.98. The van der Waals surface area contributed by atoms with Crippen LogP contribution in [0.15, 0.2) is 23.4 Å². The van der Waals surface area contributed by atoms with E-state index in [4.69, 9.17) is 15.2 Å². The van der Waals surface area contributed by atoms with Crippen molar-refractivity contribution in [3.8, 4) is 11.5 Å². The quantitative estimate of drug-likeness (QED) is 0.435. The highest BCUT2D eigenvalue weighted by molar-refractivity contribution is 7.99. The number of nitrogens with two attached hydrogens (primary N) is 1. The number of hydrogen-bond acceptors (Lipinski definition) is 8. The topological polar surface area (TPSA) is 99.4 Å². The number of carbonyl (C=O) groups is 1. The van der Waals surface area contributed by atoms with Crippen LogP contribution in [0.5, 0.6) is 11.5 Å². The van der Waals surface area contributed by atoms with Crippen molar-refractivity contribution in [2.75, 3.05) is 31.0 Å². The van der Waals surface area contributed by atoms with Gasteiger partial charge in [0.25, 0.3) is 0 Å². The van der Waals surface area contributed by atoms with Gasteiger partial charge in [-0.25, -0.2) is 9.97 Å². The number of thioether (sulfide) groups is 1. The monoisotopic (exact) mass is 444 g/mol. The molecule has 0 aliphatic heterocycles. The van der Waals surface area contributed by atoms with Crippen LogP contribution in [0, 0.1) is 5.92 Å². The van der Waals surface area contributed by atoms with Crippen LogP contribution in [0.1, 0.15) is 23.8 Å². The lowest BCUT2D eigenvalue weighted by Gasteiger charge is -2.17. The number of aryl methyl sites for hydroxylation is 1. The number of anilines is 2. The fourth-order valence-electron chi connectivity index (χ4n) is 3.62. The third-order valence-corrected chi connectivity index (χ3v) is 7.13. The molecule has 1 aliphatic carbocycles. The van der Waals surface area contributed by atoms with Gasteiger partial charge in [0.1, 0.15) is 22.1 Å². The highest BCUT2D eigenvalue weighted by Crippen LogP contribution is 2.40. The van der Waals surface area contributed by atoms with Crippen molar-refractivity contribution < 1.29 is 14.3 Å². The van der Waals surface area contributed by atoms with E-state index in [2.05, 4.69) is 22.2 Å². The van der Waals surface area contributed by atoms with Crippen molar-refractivity contribution in [1.29, 1.82) is 0 Å². The molecule has 158 valence electrons. The fraction of sp³-hybridized carbons (Fsp3) is 0.381. The number of hydrogen-bond donors (Lipinski definition) is 2. The zero-order valence-electron chi connectivity index (χ0n) is 17.2. The molecule has 9 heteroatoms. The normalized spacial score (nSPS) is 15.6. The van der Waals surface area contributed by atoms with Gasteiger partial charge in [0.05, 0.1) is 25.4 Å². The van der Waals surface area contributed by atoms with E-state index >= 15 is 0 Å². The lowest BCUT2D eigenvalue weighted by Crippen LogP contribution is -2.14. The van der Waals surface area contributed by atoms with Gasteiger partial charge in [-0.2, -0.15) is 0 Å². The van der Waals surface area contributed by atoms with Gasteiger partial charge >= 0.3 is 0 Å². The number of amides is 1. The van der Waals surface area contributed by atoms with Crippen molar-refractivity contribution in [2.24, 2.45) is 5.92 Å². The molecule has 4 rings (SSSR count). The Morgan fingerprint density at radius 2 is 2.00 bits per heavy atom. The molecule has 0 saturated carbocycles. The van der Waals surface area contributed by atoms with Gasteiger partial charge in [0, 0.05) is 28.8 Å². The summed E-state index contributed by atoms with van der Waals surface area (Å²) in [6, 6.07) is 5.23. The Kier molecular flexibility index (Phi) is 6.01. The molecule has 30 heavy (non-hydrogen) atoms. The number of thiophene rings is 1. The van der Waals surface area contributed by atoms with Crippen LogP contribution < -0.4 is 20.5 Å². The van der Waals surface area contributed by atoms with Gasteiger partial charge in [0.2, 0.25) is 5.91 Å². The number of rotatable bonds is 6. The largest absolute Gasteiger partial charge is 0.497 e. The van der Waals surface area contributed by atoms with E-state index in [0.717, 1.165) is 23.1 Å². The van der Waals surface area contributed by atoms with Gasteiger partial charge in [-0.05, 0) is 30.7 Å². The van der Waals surface area contributed by atoms with Crippen molar-refractivity contribution >= 4 is 50.7 Å². The molecule has 0 fully saturated rings. The van der Waals surface area contributed by atoms with Crippen LogP contribution in [0.4, 0.5) is 11.5 Å². The number of fused-ring (bicyclic) bond motifs is 3. The summed E-state index contributed by atoms with van der Waals surface area (Å²) in [5.41, 5.74) is 8.18. The van der Waals surface area contributed by atoms with E-state index in [1.807, 2.05) is 0 Å². The average Bonchev–Trinajstić information content (AvgIpc) is 3.09. The third kappa shape index (κ3) is 4.32. The summed E-state index contributed by atoms with van der Waals surface area (Å²) in [6.07, 6.45) is 3.28. The molecule has 1 unspecified atom stereocenters. The number of carbonyl (C=O) groups excluding carboxylic acids is 1. The smallest absolute Gasteiger partial charge is 0.234 e. The second-order valence-electron chi connectivity index (χ2n) is 7.36. The lowest BCUT2D eigenvalue weighted by molar-refractivity contribution is -0.113. The minimum Gasteiger partial charge on any atom is -0.497 e. The van der Waals surface area contributed by atoms with E-state index < -0.39 is 0 Å². The highest BCUT2D eigenvalue weighted by Gasteiger charge is 2.23. The van der Waals surface area contributed by atoms with E-state index in [-0.39, 0.29) is 11.7 Å². The summed E-state index contributed by atoms with van der Waals surface area (Å²) in [5, 5.41) is 4.37. The van der Waals surface area contributed by atoms with Crippen LogP contribution in [0.25, 0.3) is 10.2 Å². The SMILES string of the molecule is COc1cc(NC(=O)CSc2nc(N)c3c4c(sc3n2)CC(C)CC4)cc(OC)c1. The first-order chi connectivity index (χ1) is 14.5. The molecule has 0 bridgehead atoms. The fourth-order valence-corrected chi connectivity index (χ4v) is 5.72. The molecule has 1 aromatic carbocycles. The minimum absolute atomic E-state index is 0.170. The van der Waals surface area contributed by atoms with Crippen molar-refractivity contribution in [3.05, 3.63) is 28.6 Å². The van der Waals surface area contributed by atoms with Crippen LogP contribution in [0.2, 0.25) is 0 Å². The van der Waals surface area contributed by atoms with E-state index in [0.29, 0.717) is 34.1 Å². The molecule has 7 nitrogen and oxygen atoms in total. The molecule has 3 aromatic rings. The van der Waals surface area contributed by atoms with Gasteiger partial charge < -0.3 is 20.5 Å². The first-order valence-corrected chi connectivity index (χ1v) is 11.5. The molecule has 2 aromatic heterocycles. The Labute approximate surface area is 183 Å². The third-order valence-electron chi connectivity index (χ3n) is 5.13. The number of methoxy groups -OCH3 is 2. The summed E-state index contributed by atoms with van der Waals surface area (Å²) in [5.74, 6) is 2.41. The molecule has 0 radical (unpaired) electrons. The van der Waals surface area contributed by atoms with Gasteiger partial charge in [0.15, 0.2) is 5.16 Å². The average molecular weight is 445 g/mol. The Morgan fingerprint density at radius 1 is 1.27 bits per heavy atom. The number of nitrogens with zero attached hydrogens (tertiary/aromatic N) is 2. The highest BCUT2D eigenvalue weighted by atomic mass is 32.2. The van der Waals surface area contributed by atoms with Crippen molar-refractivity contribution in [2.45, 2.75) is 31.3 Å². The van der Waals surface area contributed by atoms with Crippen LogP contribution in [0.3, 0.4) is 0 Å². The Bertz CT molecular complexity index is 1080. The van der Waals surface area contributed by atoms with Crippen LogP contribution in [-0.4, -0.2) is 35.8 Å². The molecule has 0 saturated heterocycles. The van der Waals surface area contributed by atoms with Crippen molar-refractivity contribution in [1.82, 2.24) is 9.97 Å². The van der Waals surface area contributed by atoms with Gasteiger partial charge in [-0.15, -0.1) is 11.3 Å². The maximum Gasteiger partial charge on any atom is 0.234 e. The van der Waals surface area contributed by atoms with E-state index in [1.165, 1.54) is 28.6 Å². The zero-order chi connectivity index (χ0) is 21.3. The summed E-state index contributed by atoms with van der Waals surface area (Å²) in [7, 11) is 3.13. The standard InChI is InChI=1S/C21H24N4O3S2/c1-11-4-5-15-16(6-11)30-20-18(15)19(22)24-21(25-20)29-10-17(26)23-12-7-13(27-2)9-14(8-12)28-3/h7-9,11H,4-6,10H2,1-3H3,(H,23,26)(H2,22,24,25). The predicted octanol–water partition coefficient (Wildman–Crippen LogP) is 4.15. The molecule has 0 spiro atoms. The molecule has 1 atom stereocenters. The van der Waals surface area contributed by atoms with Crippen LogP contribution in [-0.2, 0) is 17.6 Å². The maximum atomic E-state index is 12.4. The lowest BCUT2D eigenvalue weighted by atomic mass is 9.89. The number of ether oxygens (including phenoxy) is 2. The van der Waals surface area contributed by atoms with Crippen molar-refractivity contribution in [3.63, 3.8) is 0 Å². The predicted molar refractivity (Wildman–Crippen MR) is 122 cm³/mol. The second kappa shape index (κ2) is 8.69. The summed E-state index contributed by atoms with van der Waals surface area (Å²) in [6.45, 7) is 2.28. The molecular formula is C21H24N4O3S2.